The van der Waals surface area contributed by atoms with E-state index in [0.29, 0.717) is 28.5 Å². The van der Waals surface area contributed by atoms with E-state index in [-0.39, 0.29) is 23.8 Å². The standard InChI is InChI=1S/C21H15ClFN3O3/c1-28-19-14(8-15(22)11-24-19)10-18(27)16-9-13(6-7-17(16)23)21-26-25-20(29-21)12-4-2-3-5-12/h2-4,6-9,11H,5,10H2,1H3. The van der Waals surface area contributed by atoms with E-state index in [9.17, 15) is 9.18 Å². The van der Waals surface area contributed by atoms with Gasteiger partial charge in [-0.2, -0.15) is 0 Å². The van der Waals surface area contributed by atoms with Crippen LogP contribution in [0.25, 0.3) is 17.0 Å². The lowest BCUT2D eigenvalue weighted by molar-refractivity contribution is 0.0988. The molecule has 0 N–H and O–H groups in total. The van der Waals surface area contributed by atoms with Crippen LogP contribution in [-0.2, 0) is 6.42 Å². The first-order valence-corrected chi connectivity index (χ1v) is 9.14. The smallest absolute Gasteiger partial charge is 0.248 e. The van der Waals surface area contributed by atoms with Crippen LogP contribution in [0.15, 0.2) is 53.1 Å². The SMILES string of the molecule is COc1ncc(Cl)cc1CC(=O)c1cc(-c2nnc(C3=CC=CC3)o2)ccc1F. The summed E-state index contributed by atoms with van der Waals surface area (Å²) in [6, 6.07) is 5.67. The maximum Gasteiger partial charge on any atom is 0.248 e. The molecule has 3 aromatic rings. The number of carbonyl (C=O) groups is 1. The molecule has 4 rings (SSSR count). The van der Waals surface area contributed by atoms with Crippen molar-refractivity contribution in [1.82, 2.24) is 15.2 Å². The Morgan fingerprint density at radius 3 is 2.86 bits per heavy atom. The maximum absolute atomic E-state index is 14.4. The number of methoxy groups -OCH3 is 1. The minimum Gasteiger partial charge on any atom is -0.481 e. The van der Waals surface area contributed by atoms with Gasteiger partial charge in [0.15, 0.2) is 5.78 Å². The molecule has 0 unspecified atom stereocenters. The number of hydrogen-bond donors (Lipinski definition) is 0. The highest BCUT2D eigenvalue weighted by atomic mass is 35.5. The monoisotopic (exact) mass is 411 g/mol. The molecule has 2 heterocycles. The number of ketones is 1. The van der Waals surface area contributed by atoms with Crippen molar-refractivity contribution in [2.75, 3.05) is 7.11 Å². The number of halogens is 2. The van der Waals surface area contributed by atoms with Crippen LogP contribution in [0.3, 0.4) is 0 Å². The Labute approximate surface area is 170 Å². The van der Waals surface area contributed by atoms with Gasteiger partial charge in [-0.3, -0.25) is 4.79 Å². The highest BCUT2D eigenvalue weighted by molar-refractivity contribution is 6.30. The van der Waals surface area contributed by atoms with E-state index in [4.69, 9.17) is 20.8 Å². The zero-order valence-corrected chi connectivity index (χ0v) is 16.1. The van der Waals surface area contributed by atoms with Crippen LogP contribution in [0.2, 0.25) is 5.02 Å². The molecule has 0 amide bonds. The number of Topliss-reactive ketones (excluding diaryl/α,β-unsaturated/α-hetero) is 1. The molecular formula is C21H15ClFN3O3. The molecule has 2 aromatic heterocycles. The number of benzene rings is 1. The number of aromatic nitrogens is 3. The van der Waals surface area contributed by atoms with Crippen LogP contribution < -0.4 is 4.74 Å². The Bertz CT molecular complexity index is 1150. The van der Waals surface area contributed by atoms with Gasteiger partial charge in [0.05, 0.1) is 17.7 Å². The Kier molecular flexibility index (Phi) is 5.22. The molecule has 0 radical (unpaired) electrons. The number of allylic oxidation sites excluding steroid dienone is 4. The van der Waals surface area contributed by atoms with Gasteiger partial charge in [0.2, 0.25) is 17.7 Å². The number of nitrogens with zero attached hydrogens (tertiary/aromatic N) is 3. The summed E-state index contributed by atoms with van der Waals surface area (Å²) in [4.78, 5) is 16.8. The van der Waals surface area contributed by atoms with Crippen molar-refractivity contribution in [3.8, 4) is 17.3 Å². The van der Waals surface area contributed by atoms with E-state index in [1.54, 1.807) is 6.07 Å². The molecule has 146 valence electrons. The van der Waals surface area contributed by atoms with Gasteiger partial charge >= 0.3 is 0 Å². The van der Waals surface area contributed by atoms with Gasteiger partial charge in [0.25, 0.3) is 0 Å². The second-order valence-electron chi connectivity index (χ2n) is 6.35. The molecule has 1 aliphatic carbocycles. The minimum absolute atomic E-state index is 0.0916. The first-order valence-electron chi connectivity index (χ1n) is 8.76. The van der Waals surface area contributed by atoms with Crippen molar-refractivity contribution in [3.05, 3.63) is 76.5 Å². The molecule has 0 atom stereocenters. The largest absolute Gasteiger partial charge is 0.481 e. The third kappa shape index (κ3) is 3.95. The lowest BCUT2D eigenvalue weighted by Crippen LogP contribution is -2.08. The Morgan fingerprint density at radius 1 is 1.28 bits per heavy atom. The second kappa shape index (κ2) is 7.97. The highest BCUT2D eigenvalue weighted by Gasteiger charge is 2.19. The van der Waals surface area contributed by atoms with Gasteiger partial charge < -0.3 is 9.15 Å². The predicted octanol–water partition coefficient (Wildman–Crippen LogP) is 4.70. The molecule has 0 bridgehead atoms. The third-order valence-corrected chi connectivity index (χ3v) is 4.63. The van der Waals surface area contributed by atoms with Gasteiger partial charge in [0.1, 0.15) is 5.82 Å². The molecule has 0 fully saturated rings. The fourth-order valence-electron chi connectivity index (χ4n) is 2.99. The number of carbonyl (C=O) groups excluding carboxylic acids is 1. The Balaban J connectivity index is 1.62. The molecule has 8 heteroatoms. The van der Waals surface area contributed by atoms with E-state index in [2.05, 4.69) is 15.2 Å². The van der Waals surface area contributed by atoms with Gasteiger partial charge in [0, 0.05) is 29.3 Å². The van der Waals surface area contributed by atoms with Crippen LogP contribution in [0.5, 0.6) is 5.88 Å². The lowest BCUT2D eigenvalue weighted by atomic mass is 10.0. The average molecular weight is 412 g/mol. The van der Waals surface area contributed by atoms with E-state index in [1.165, 1.54) is 31.5 Å². The van der Waals surface area contributed by atoms with Crippen molar-refractivity contribution >= 4 is 23.0 Å². The summed E-state index contributed by atoms with van der Waals surface area (Å²) in [6.07, 6.45) is 7.79. The zero-order chi connectivity index (χ0) is 20.4. The summed E-state index contributed by atoms with van der Waals surface area (Å²) in [5.41, 5.74) is 1.74. The van der Waals surface area contributed by atoms with Gasteiger partial charge in [-0.15, -0.1) is 10.2 Å². The Morgan fingerprint density at radius 2 is 2.10 bits per heavy atom. The molecule has 29 heavy (non-hydrogen) atoms. The van der Waals surface area contributed by atoms with Crippen LogP contribution >= 0.6 is 11.6 Å². The number of hydrogen-bond acceptors (Lipinski definition) is 6. The molecule has 1 aliphatic rings. The summed E-state index contributed by atoms with van der Waals surface area (Å²) in [6.45, 7) is 0. The molecule has 0 saturated heterocycles. The summed E-state index contributed by atoms with van der Waals surface area (Å²) in [5.74, 6) is -0.218. The third-order valence-electron chi connectivity index (χ3n) is 4.42. The van der Waals surface area contributed by atoms with Crippen molar-refractivity contribution in [1.29, 1.82) is 0 Å². The normalized spacial score (nSPS) is 12.9. The molecule has 0 saturated carbocycles. The van der Waals surface area contributed by atoms with Crippen molar-refractivity contribution in [2.24, 2.45) is 0 Å². The fourth-order valence-corrected chi connectivity index (χ4v) is 3.18. The lowest BCUT2D eigenvalue weighted by Gasteiger charge is -2.08. The second-order valence-corrected chi connectivity index (χ2v) is 6.79. The number of pyridine rings is 1. The summed E-state index contributed by atoms with van der Waals surface area (Å²) in [7, 11) is 1.44. The summed E-state index contributed by atoms with van der Waals surface area (Å²) < 4.78 is 25.2. The van der Waals surface area contributed by atoms with Crippen LogP contribution in [0.1, 0.15) is 28.2 Å². The first kappa shape index (κ1) is 19.0. The quantitative estimate of drug-likeness (QED) is 0.547. The molecular weight excluding hydrogens is 397 g/mol. The van der Waals surface area contributed by atoms with E-state index in [0.717, 1.165) is 5.57 Å². The topological polar surface area (TPSA) is 78.1 Å². The van der Waals surface area contributed by atoms with E-state index < -0.39 is 11.6 Å². The van der Waals surface area contributed by atoms with Crippen LogP contribution in [-0.4, -0.2) is 28.1 Å². The van der Waals surface area contributed by atoms with Crippen molar-refractivity contribution in [2.45, 2.75) is 12.8 Å². The van der Waals surface area contributed by atoms with Gasteiger partial charge in [-0.05, 0) is 30.7 Å². The highest BCUT2D eigenvalue weighted by Crippen LogP contribution is 2.28. The molecule has 6 nitrogen and oxygen atoms in total. The number of rotatable bonds is 6. The predicted molar refractivity (Wildman–Crippen MR) is 105 cm³/mol. The zero-order valence-electron chi connectivity index (χ0n) is 15.4. The number of ether oxygens (including phenoxy) is 1. The van der Waals surface area contributed by atoms with Crippen LogP contribution in [0.4, 0.5) is 4.39 Å². The fraction of sp³-hybridized carbons (Fsp3) is 0.143. The van der Waals surface area contributed by atoms with Crippen molar-refractivity contribution in [3.63, 3.8) is 0 Å². The molecule has 0 spiro atoms. The maximum atomic E-state index is 14.4. The van der Waals surface area contributed by atoms with Gasteiger partial charge in [-0.25, -0.2) is 9.37 Å². The van der Waals surface area contributed by atoms with Crippen molar-refractivity contribution < 1.29 is 18.3 Å². The van der Waals surface area contributed by atoms with Gasteiger partial charge in [-0.1, -0.05) is 29.8 Å². The van der Waals surface area contributed by atoms with E-state index >= 15 is 0 Å². The van der Waals surface area contributed by atoms with E-state index in [1.807, 2.05) is 18.2 Å². The molecule has 0 aliphatic heterocycles. The average Bonchev–Trinajstić information content (AvgIpc) is 3.40. The van der Waals surface area contributed by atoms with Crippen LogP contribution in [0, 0.1) is 5.82 Å². The minimum atomic E-state index is -0.643. The first-order chi connectivity index (χ1) is 14.0. The Hall–Kier alpha value is -3.32. The summed E-state index contributed by atoms with van der Waals surface area (Å²) >= 11 is 5.96. The molecule has 1 aromatic carbocycles. The summed E-state index contributed by atoms with van der Waals surface area (Å²) in [5, 5.41) is 8.40.